The first-order valence-corrected chi connectivity index (χ1v) is 15.3. The SMILES string of the molecule is CCOC(=O)c1[nH]c2c(c1C(F)(F)F)-c1cc(C(C)C)ccc1/S(C)=C1/OC(c3cc(C(F)(F)F)cc(C(F)(F)F)c3)CN1C2. The number of nitrogens with one attached hydrogen (secondary N) is 1. The lowest BCUT2D eigenvalue weighted by molar-refractivity contribution is -0.143. The van der Waals surface area contributed by atoms with Crippen LogP contribution in [0.4, 0.5) is 39.5 Å². The average molecular weight is 667 g/mol. The Hall–Kier alpha value is -3.30. The summed E-state index contributed by atoms with van der Waals surface area (Å²) < 4.78 is 137. The predicted molar refractivity (Wildman–Crippen MR) is 149 cm³/mol. The van der Waals surface area contributed by atoms with Gasteiger partial charge in [-0.15, -0.1) is 10.5 Å². The molecule has 0 amide bonds. The van der Waals surface area contributed by atoms with Crippen LogP contribution in [0.15, 0.2) is 41.3 Å². The fourth-order valence-electron chi connectivity index (χ4n) is 5.50. The minimum Gasteiger partial charge on any atom is -0.461 e. The van der Waals surface area contributed by atoms with Crippen LogP contribution in [0, 0.1) is 0 Å². The summed E-state index contributed by atoms with van der Waals surface area (Å²) in [5.74, 6) is -1.31. The first-order chi connectivity index (χ1) is 20.8. The van der Waals surface area contributed by atoms with E-state index in [4.69, 9.17) is 9.47 Å². The van der Waals surface area contributed by atoms with Crippen molar-refractivity contribution < 1.29 is 53.8 Å². The van der Waals surface area contributed by atoms with Crippen LogP contribution in [0.5, 0.6) is 0 Å². The largest absolute Gasteiger partial charge is 0.461 e. The van der Waals surface area contributed by atoms with E-state index in [0.29, 0.717) is 22.6 Å². The molecule has 1 aromatic heterocycles. The minimum absolute atomic E-state index is 0.0166. The molecule has 0 radical (unpaired) electrons. The van der Waals surface area contributed by atoms with Gasteiger partial charge in [-0.1, -0.05) is 19.9 Å². The Bertz CT molecular complexity index is 1650. The van der Waals surface area contributed by atoms with Gasteiger partial charge in [0.25, 0.3) is 0 Å². The third-order valence-corrected chi connectivity index (χ3v) is 9.48. The van der Waals surface area contributed by atoms with Crippen molar-refractivity contribution in [2.75, 3.05) is 19.4 Å². The number of benzene rings is 2. The van der Waals surface area contributed by atoms with Crippen LogP contribution in [0.2, 0.25) is 0 Å². The highest BCUT2D eigenvalue weighted by Gasteiger charge is 2.45. The number of fused-ring (bicyclic) bond motifs is 4. The third kappa shape index (κ3) is 6.26. The Morgan fingerprint density at radius 3 is 2.16 bits per heavy atom. The predicted octanol–water partition coefficient (Wildman–Crippen LogP) is 8.97. The number of ether oxygens (including phenoxy) is 2. The smallest absolute Gasteiger partial charge is 0.419 e. The van der Waals surface area contributed by atoms with E-state index in [9.17, 15) is 44.3 Å². The summed E-state index contributed by atoms with van der Waals surface area (Å²) in [5, 5.41) is 0.177. The number of carbonyl (C=O) groups excluding carboxylic acids is 1. The summed E-state index contributed by atoms with van der Waals surface area (Å²) in [7, 11) is -1.13. The van der Waals surface area contributed by atoms with Crippen LogP contribution < -0.4 is 0 Å². The zero-order valence-corrected chi connectivity index (χ0v) is 25.0. The van der Waals surface area contributed by atoms with Gasteiger partial charge in [-0.2, -0.15) is 39.5 Å². The van der Waals surface area contributed by atoms with Crippen LogP contribution >= 0.6 is 10.5 Å². The van der Waals surface area contributed by atoms with Gasteiger partial charge in [0.1, 0.15) is 11.8 Å². The molecule has 1 fully saturated rings. The van der Waals surface area contributed by atoms with Gasteiger partial charge in [0, 0.05) is 29.2 Å². The van der Waals surface area contributed by atoms with E-state index in [0.717, 1.165) is 0 Å². The van der Waals surface area contributed by atoms with E-state index in [2.05, 4.69) is 4.98 Å². The fourth-order valence-corrected chi connectivity index (χ4v) is 7.24. The Labute approximate surface area is 254 Å². The molecule has 0 saturated carbocycles. The zero-order valence-electron chi connectivity index (χ0n) is 24.2. The lowest BCUT2D eigenvalue weighted by Crippen LogP contribution is -2.27. The third-order valence-electron chi connectivity index (χ3n) is 7.59. The fraction of sp³-hybridized carbons (Fsp3) is 0.400. The van der Waals surface area contributed by atoms with Gasteiger partial charge >= 0.3 is 24.5 Å². The van der Waals surface area contributed by atoms with Crippen molar-refractivity contribution in [3.63, 3.8) is 0 Å². The van der Waals surface area contributed by atoms with E-state index in [1.54, 1.807) is 24.5 Å². The standard InChI is InChI=1S/C30H27F9N2O3S/c1-5-43-26(42)25-24(30(37,38)39)23-19-10-15(14(2)3)6-7-22(19)45(4)27-41(12-20(23)40-25)13-21(44-27)16-8-17(28(31,32)33)11-18(9-16)29(34,35)36/h6-11,14,21,40H,5,12-13H2,1-4H3. The van der Waals surface area contributed by atoms with Crippen LogP contribution in [0.1, 0.15) is 76.8 Å². The van der Waals surface area contributed by atoms with Crippen LogP contribution in [-0.2, 0) is 34.5 Å². The number of nitrogens with zero attached hydrogens (tertiary/aromatic N) is 1. The molecule has 244 valence electrons. The van der Waals surface area contributed by atoms with Crippen molar-refractivity contribution in [2.45, 2.75) is 62.8 Å². The van der Waals surface area contributed by atoms with Gasteiger partial charge in [0.2, 0.25) is 0 Å². The molecule has 2 aliphatic heterocycles. The molecule has 1 saturated heterocycles. The molecule has 2 aliphatic rings. The van der Waals surface area contributed by atoms with Crippen molar-refractivity contribution in [3.8, 4) is 11.1 Å². The first kappa shape index (κ1) is 33.1. The minimum atomic E-state index is -5.08. The molecular formula is C30H27F9N2O3S. The van der Waals surface area contributed by atoms with Gasteiger partial charge in [0.15, 0.2) is 5.17 Å². The zero-order chi connectivity index (χ0) is 33.2. The molecule has 2 atom stereocenters. The number of aromatic nitrogens is 1. The van der Waals surface area contributed by atoms with Crippen molar-refractivity contribution >= 4 is 21.6 Å². The summed E-state index contributed by atoms with van der Waals surface area (Å²) in [6.45, 7) is 4.39. The van der Waals surface area contributed by atoms with Crippen molar-refractivity contribution in [1.82, 2.24) is 9.88 Å². The maximum atomic E-state index is 14.7. The number of halogens is 9. The Balaban J connectivity index is 1.73. The topological polar surface area (TPSA) is 54.6 Å². The van der Waals surface area contributed by atoms with Crippen LogP contribution in [-0.4, -0.2) is 40.4 Å². The summed E-state index contributed by atoms with van der Waals surface area (Å²) in [6, 6.07) is 6.15. The summed E-state index contributed by atoms with van der Waals surface area (Å²) in [6.07, 6.45) is -14.8. The van der Waals surface area contributed by atoms with Crippen LogP contribution in [0.25, 0.3) is 11.1 Å². The Kier molecular flexibility index (Phi) is 8.45. The molecule has 5 rings (SSSR count). The molecule has 3 heterocycles. The monoisotopic (exact) mass is 666 g/mol. The quantitative estimate of drug-likeness (QED) is 0.172. The molecule has 15 heteroatoms. The second-order valence-electron chi connectivity index (χ2n) is 11.0. The summed E-state index contributed by atoms with van der Waals surface area (Å²) in [5.41, 5.74) is -4.86. The number of rotatable bonds is 4. The molecule has 0 spiro atoms. The maximum Gasteiger partial charge on any atom is 0.419 e. The number of hydrogen-bond donors (Lipinski definition) is 1. The molecule has 5 nitrogen and oxygen atoms in total. The van der Waals surface area contributed by atoms with Gasteiger partial charge in [-0.3, -0.25) is 0 Å². The number of carbonyl (C=O) groups is 1. The highest BCUT2D eigenvalue weighted by Crippen LogP contribution is 2.50. The molecule has 3 aromatic rings. The number of esters is 1. The Morgan fingerprint density at radius 1 is 1.00 bits per heavy atom. The van der Waals surface area contributed by atoms with Crippen LogP contribution in [0.3, 0.4) is 0 Å². The highest BCUT2D eigenvalue weighted by molar-refractivity contribution is 8.15. The molecule has 2 unspecified atom stereocenters. The van der Waals surface area contributed by atoms with E-state index >= 15 is 0 Å². The molecular weight excluding hydrogens is 639 g/mol. The Morgan fingerprint density at radius 2 is 1.62 bits per heavy atom. The lowest BCUT2D eigenvalue weighted by atomic mass is 9.94. The summed E-state index contributed by atoms with van der Waals surface area (Å²) >= 11 is 0. The molecule has 0 aliphatic carbocycles. The number of H-pyrrole nitrogens is 1. The van der Waals surface area contributed by atoms with Crippen molar-refractivity contribution in [3.05, 3.63) is 75.6 Å². The number of aromatic amines is 1. The number of alkyl halides is 9. The lowest BCUT2D eigenvalue weighted by Gasteiger charge is -2.25. The average Bonchev–Trinajstić information content (AvgIpc) is 3.53. The second kappa shape index (κ2) is 11.5. The molecule has 0 bridgehead atoms. The number of hydrogen-bond acceptors (Lipinski definition) is 4. The molecule has 1 N–H and O–H groups in total. The maximum absolute atomic E-state index is 14.7. The van der Waals surface area contributed by atoms with E-state index in [1.165, 1.54) is 11.8 Å². The van der Waals surface area contributed by atoms with E-state index in [-0.39, 0.29) is 53.7 Å². The highest BCUT2D eigenvalue weighted by atomic mass is 32.2. The van der Waals surface area contributed by atoms with Gasteiger partial charge in [-0.05, 0) is 66.1 Å². The van der Waals surface area contributed by atoms with Gasteiger partial charge < -0.3 is 14.5 Å². The van der Waals surface area contributed by atoms with Crippen molar-refractivity contribution in [1.29, 1.82) is 0 Å². The normalized spacial score (nSPS) is 20.0. The van der Waals surface area contributed by atoms with Gasteiger partial charge in [0.05, 0.1) is 23.3 Å². The summed E-state index contributed by atoms with van der Waals surface area (Å²) in [4.78, 5) is 17.2. The molecule has 45 heavy (non-hydrogen) atoms. The first-order valence-electron chi connectivity index (χ1n) is 13.7. The van der Waals surface area contributed by atoms with Gasteiger partial charge in [-0.25, -0.2) is 9.69 Å². The van der Waals surface area contributed by atoms with Crippen molar-refractivity contribution in [2.24, 2.45) is 0 Å². The van der Waals surface area contributed by atoms with E-state index < -0.39 is 69.0 Å². The van der Waals surface area contributed by atoms with E-state index in [1.807, 2.05) is 13.8 Å². The second-order valence-corrected chi connectivity index (χ2v) is 12.8. The molecule has 2 aromatic carbocycles.